The SMILES string of the molecule is CCn1c(COC(=O)C2c3ccccc3Oc3ccccc32)nc2cc(S(=O)(=O)N(C)C)ccc21. The topological polar surface area (TPSA) is 90.7 Å². The monoisotopic (exact) mass is 491 g/mol. The van der Waals surface area contributed by atoms with Crippen molar-refractivity contribution in [1.82, 2.24) is 13.9 Å². The standard InChI is InChI=1S/C26H25N3O5S/c1-4-29-21-14-13-17(35(31,32)28(2)3)15-20(21)27-24(29)16-33-26(30)25-18-9-5-7-11-22(18)34-23-12-8-6-10-19(23)25/h5-15,25H,4,16H2,1-3H3. The molecule has 180 valence electrons. The zero-order chi connectivity index (χ0) is 24.7. The van der Waals surface area contributed by atoms with Crippen molar-refractivity contribution in [1.29, 1.82) is 0 Å². The van der Waals surface area contributed by atoms with E-state index in [9.17, 15) is 13.2 Å². The van der Waals surface area contributed by atoms with Crippen molar-refractivity contribution >= 4 is 27.0 Å². The number of aromatic nitrogens is 2. The fraction of sp³-hybridized carbons (Fsp3) is 0.231. The third kappa shape index (κ3) is 3.96. The number of carbonyl (C=O) groups excluding carboxylic acids is 1. The summed E-state index contributed by atoms with van der Waals surface area (Å²) in [5.41, 5.74) is 2.80. The minimum atomic E-state index is -3.59. The number of hydrogen-bond donors (Lipinski definition) is 0. The van der Waals surface area contributed by atoms with Crippen LogP contribution in [-0.4, -0.2) is 42.3 Å². The minimum absolute atomic E-state index is 0.0428. The molecule has 1 aliphatic heterocycles. The van der Waals surface area contributed by atoms with Gasteiger partial charge >= 0.3 is 5.97 Å². The van der Waals surface area contributed by atoms with Crippen molar-refractivity contribution < 1.29 is 22.7 Å². The predicted molar refractivity (Wildman–Crippen MR) is 131 cm³/mol. The first-order valence-corrected chi connectivity index (χ1v) is 12.7. The van der Waals surface area contributed by atoms with Crippen LogP contribution in [0.4, 0.5) is 0 Å². The summed E-state index contributed by atoms with van der Waals surface area (Å²) in [5.74, 6) is 0.780. The predicted octanol–water partition coefficient (Wildman–Crippen LogP) is 4.29. The number of para-hydroxylation sites is 2. The Balaban J connectivity index is 1.46. The number of esters is 1. The van der Waals surface area contributed by atoms with Gasteiger partial charge in [-0.05, 0) is 37.3 Å². The van der Waals surface area contributed by atoms with Gasteiger partial charge < -0.3 is 14.0 Å². The number of fused-ring (bicyclic) bond motifs is 3. The number of rotatable bonds is 6. The van der Waals surface area contributed by atoms with Gasteiger partial charge in [-0.2, -0.15) is 0 Å². The molecular formula is C26H25N3O5S. The molecule has 4 aromatic rings. The van der Waals surface area contributed by atoms with Crippen LogP contribution in [0, 0.1) is 0 Å². The van der Waals surface area contributed by atoms with Crippen molar-refractivity contribution in [2.75, 3.05) is 14.1 Å². The second-order valence-electron chi connectivity index (χ2n) is 8.43. The van der Waals surface area contributed by atoms with Gasteiger partial charge in [0.25, 0.3) is 0 Å². The highest BCUT2D eigenvalue weighted by molar-refractivity contribution is 7.89. The third-order valence-electron chi connectivity index (χ3n) is 6.15. The summed E-state index contributed by atoms with van der Waals surface area (Å²) >= 11 is 0. The molecule has 0 bridgehead atoms. The summed E-state index contributed by atoms with van der Waals surface area (Å²) in [4.78, 5) is 18.1. The third-order valence-corrected chi connectivity index (χ3v) is 7.96. The van der Waals surface area contributed by atoms with Crippen LogP contribution in [0.25, 0.3) is 11.0 Å². The molecule has 3 aromatic carbocycles. The van der Waals surface area contributed by atoms with Gasteiger partial charge in [0.15, 0.2) is 0 Å². The molecule has 35 heavy (non-hydrogen) atoms. The lowest BCUT2D eigenvalue weighted by atomic mass is 9.88. The molecule has 8 nitrogen and oxygen atoms in total. The first-order chi connectivity index (χ1) is 16.8. The normalized spacial score (nSPS) is 13.4. The molecule has 0 aliphatic carbocycles. The van der Waals surface area contributed by atoms with E-state index in [0.29, 0.717) is 29.4 Å². The van der Waals surface area contributed by atoms with Crippen LogP contribution in [0.5, 0.6) is 11.5 Å². The van der Waals surface area contributed by atoms with Crippen molar-refractivity contribution in [2.24, 2.45) is 0 Å². The van der Waals surface area contributed by atoms with Crippen molar-refractivity contribution in [3.8, 4) is 11.5 Å². The fourth-order valence-electron chi connectivity index (χ4n) is 4.38. The van der Waals surface area contributed by atoms with E-state index in [4.69, 9.17) is 9.47 Å². The zero-order valence-corrected chi connectivity index (χ0v) is 20.5. The summed E-state index contributed by atoms with van der Waals surface area (Å²) in [5, 5.41) is 0. The van der Waals surface area contributed by atoms with Gasteiger partial charge in [-0.15, -0.1) is 0 Å². The molecule has 0 atom stereocenters. The van der Waals surface area contributed by atoms with Crippen LogP contribution >= 0.6 is 0 Å². The number of ether oxygens (including phenoxy) is 2. The lowest BCUT2D eigenvalue weighted by Gasteiger charge is -2.26. The first kappa shape index (κ1) is 23.1. The Bertz CT molecular complexity index is 1500. The first-order valence-electron chi connectivity index (χ1n) is 11.2. The molecular weight excluding hydrogens is 466 g/mol. The van der Waals surface area contributed by atoms with Gasteiger partial charge in [0.2, 0.25) is 10.0 Å². The maximum Gasteiger partial charge on any atom is 0.318 e. The molecule has 0 amide bonds. The summed E-state index contributed by atoms with van der Waals surface area (Å²) in [6.45, 7) is 2.51. The highest BCUT2D eigenvalue weighted by Gasteiger charge is 2.34. The van der Waals surface area contributed by atoms with Crippen molar-refractivity contribution in [3.05, 3.63) is 83.7 Å². The van der Waals surface area contributed by atoms with E-state index in [1.165, 1.54) is 14.1 Å². The second-order valence-corrected chi connectivity index (χ2v) is 10.6. The van der Waals surface area contributed by atoms with E-state index in [1.807, 2.05) is 60.0 Å². The number of benzene rings is 3. The molecule has 0 saturated carbocycles. The minimum Gasteiger partial charge on any atom is -0.457 e. The molecule has 0 radical (unpaired) electrons. The van der Waals surface area contributed by atoms with Crippen molar-refractivity contribution in [2.45, 2.75) is 30.9 Å². The van der Waals surface area contributed by atoms with Gasteiger partial charge in [-0.1, -0.05) is 36.4 Å². The summed E-state index contributed by atoms with van der Waals surface area (Å²) < 4.78 is 39.9. The summed E-state index contributed by atoms with van der Waals surface area (Å²) in [7, 11) is -0.613. The average molecular weight is 492 g/mol. The van der Waals surface area contributed by atoms with Crippen LogP contribution in [0.15, 0.2) is 71.6 Å². The largest absolute Gasteiger partial charge is 0.457 e. The molecule has 0 spiro atoms. The van der Waals surface area contributed by atoms with Crippen LogP contribution in [0.2, 0.25) is 0 Å². The van der Waals surface area contributed by atoms with E-state index in [-0.39, 0.29) is 11.5 Å². The Kier molecular flexibility index (Phi) is 5.82. The highest BCUT2D eigenvalue weighted by Crippen LogP contribution is 2.44. The van der Waals surface area contributed by atoms with Crippen LogP contribution in [0.3, 0.4) is 0 Å². The van der Waals surface area contributed by atoms with Gasteiger partial charge in [0.1, 0.15) is 29.8 Å². The Morgan fingerprint density at radius 1 is 1.03 bits per heavy atom. The Morgan fingerprint density at radius 2 is 1.66 bits per heavy atom. The van der Waals surface area contributed by atoms with Gasteiger partial charge in [0, 0.05) is 31.8 Å². The summed E-state index contributed by atoms with van der Waals surface area (Å²) in [6, 6.07) is 19.7. The Hall–Kier alpha value is -3.69. The zero-order valence-electron chi connectivity index (χ0n) is 19.6. The van der Waals surface area contributed by atoms with Gasteiger partial charge in [-0.3, -0.25) is 4.79 Å². The molecule has 0 unspecified atom stereocenters. The number of nitrogens with zero attached hydrogens (tertiary/aromatic N) is 3. The number of imidazole rings is 1. The molecule has 2 heterocycles. The average Bonchev–Trinajstić information content (AvgIpc) is 3.22. The quantitative estimate of drug-likeness (QED) is 0.374. The van der Waals surface area contributed by atoms with E-state index in [1.54, 1.807) is 18.2 Å². The van der Waals surface area contributed by atoms with E-state index < -0.39 is 21.9 Å². The van der Waals surface area contributed by atoms with Gasteiger partial charge in [0.05, 0.1) is 15.9 Å². The van der Waals surface area contributed by atoms with E-state index in [2.05, 4.69) is 4.98 Å². The number of carbonyl (C=O) groups is 1. The Labute approximate surface area is 203 Å². The number of sulfonamides is 1. The fourth-order valence-corrected chi connectivity index (χ4v) is 5.30. The van der Waals surface area contributed by atoms with Crippen molar-refractivity contribution in [3.63, 3.8) is 0 Å². The number of hydrogen-bond acceptors (Lipinski definition) is 6. The number of aryl methyl sites for hydroxylation is 1. The van der Waals surface area contributed by atoms with E-state index >= 15 is 0 Å². The molecule has 9 heteroatoms. The van der Waals surface area contributed by atoms with Crippen LogP contribution < -0.4 is 4.74 Å². The van der Waals surface area contributed by atoms with Gasteiger partial charge in [-0.25, -0.2) is 17.7 Å². The molecule has 0 fully saturated rings. The Morgan fingerprint density at radius 3 is 2.26 bits per heavy atom. The highest BCUT2D eigenvalue weighted by atomic mass is 32.2. The maximum atomic E-state index is 13.4. The maximum absolute atomic E-state index is 13.4. The molecule has 0 N–H and O–H groups in total. The molecule has 5 rings (SSSR count). The molecule has 1 aliphatic rings. The lowest BCUT2D eigenvalue weighted by Crippen LogP contribution is -2.22. The van der Waals surface area contributed by atoms with E-state index in [0.717, 1.165) is 20.9 Å². The smallest absolute Gasteiger partial charge is 0.318 e. The second kappa shape index (κ2) is 8.83. The molecule has 1 aromatic heterocycles. The molecule has 0 saturated heterocycles. The van der Waals surface area contributed by atoms with Crippen LogP contribution in [0.1, 0.15) is 29.8 Å². The lowest BCUT2D eigenvalue weighted by molar-refractivity contribution is -0.146. The van der Waals surface area contributed by atoms with Crippen LogP contribution in [-0.2, 0) is 32.7 Å². The summed E-state index contributed by atoms with van der Waals surface area (Å²) in [6.07, 6.45) is 0.